The SMILES string of the molecule is CCC1CCCCCCCCCCCCCCCCC1. The van der Waals surface area contributed by atoms with Crippen molar-refractivity contribution in [3.05, 3.63) is 0 Å². The van der Waals surface area contributed by atoms with E-state index in [1.165, 1.54) is 116 Å². The third kappa shape index (κ3) is 10.7. The fraction of sp³-hybridized carbons (Fsp3) is 1.00. The second kappa shape index (κ2) is 14.0. The summed E-state index contributed by atoms with van der Waals surface area (Å²) in [6.45, 7) is 2.40. The molecule has 0 spiro atoms. The van der Waals surface area contributed by atoms with Gasteiger partial charge in [-0.15, -0.1) is 0 Å². The van der Waals surface area contributed by atoms with E-state index in [-0.39, 0.29) is 0 Å². The van der Waals surface area contributed by atoms with E-state index < -0.39 is 0 Å². The predicted octanol–water partition coefficient (Wildman–Crippen LogP) is 7.66. The Labute approximate surface area is 129 Å². The van der Waals surface area contributed by atoms with Crippen molar-refractivity contribution in [1.29, 1.82) is 0 Å². The van der Waals surface area contributed by atoms with Crippen LogP contribution in [0.25, 0.3) is 0 Å². The molecule has 1 aliphatic carbocycles. The van der Waals surface area contributed by atoms with Crippen molar-refractivity contribution in [3.8, 4) is 0 Å². The molecule has 0 aliphatic heterocycles. The molecule has 1 fully saturated rings. The van der Waals surface area contributed by atoms with Crippen LogP contribution >= 0.6 is 0 Å². The van der Waals surface area contributed by atoms with Crippen LogP contribution in [0.1, 0.15) is 122 Å². The van der Waals surface area contributed by atoms with Gasteiger partial charge in [-0.1, -0.05) is 122 Å². The van der Waals surface area contributed by atoms with Gasteiger partial charge >= 0.3 is 0 Å². The van der Waals surface area contributed by atoms with Crippen LogP contribution in [0.15, 0.2) is 0 Å². The first-order chi connectivity index (χ1) is 9.93. The summed E-state index contributed by atoms with van der Waals surface area (Å²) in [7, 11) is 0. The lowest BCUT2D eigenvalue weighted by molar-refractivity contribution is 0.391. The van der Waals surface area contributed by atoms with E-state index in [2.05, 4.69) is 6.92 Å². The number of hydrogen-bond donors (Lipinski definition) is 0. The van der Waals surface area contributed by atoms with Gasteiger partial charge in [0.1, 0.15) is 0 Å². The number of rotatable bonds is 1. The summed E-state index contributed by atoms with van der Waals surface area (Å²) in [5, 5.41) is 0. The molecule has 1 rings (SSSR count). The molecular formula is C20H40. The molecule has 0 saturated heterocycles. The fourth-order valence-electron chi connectivity index (χ4n) is 3.72. The lowest BCUT2D eigenvalue weighted by Crippen LogP contribution is -1.99. The average molecular weight is 281 g/mol. The molecule has 0 heterocycles. The van der Waals surface area contributed by atoms with Crippen LogP contribution in [0, 0.1) is 5.92 Å². The first-order valence-corrected chi connectivity index (χ1v) is 9.93. The lowest BCUT2D eigenvalue weighted by atomic mass is 9.92. The average Bonchev–Trinajstić information content (AvgIpc) is 2.47. The van der Waals surface area contributed by atoms with Crippen LogP contribution in [-0.4, -0.2) is 0 Å². The Hall–Kier alpha value is 0. The van der Waals surface area contributed by atoms with Crippen molar-refractivity contribution in [1.82, 2.24) is 0 Å². The zero-order chi connectivity index (χ0) is 14.3. The highest BCUT2D eigenvalue weighted by Gasteiger charge is 2.06. The molecule has 0 atom stereocenters. The van der Waals surface area contributed by atoms with Crippen molar-refractivity contribution in [2.45, 2.75) is 122 Å². The minimum Gasteiger partial charge on any atom is -0.0651 e. The van der Waals surface area contributed by atoms with E-state index in [9.17, 15) is 0 Å². The maximum Gasteiger partial charge on any atom is -0.0417 e. The fourth-order valence-corrected chi connectivity index (χ4v) is 3.72. The van der Waals surface area contributed by atoms with Gasteiger partial charge in [-0.2, -0.15) is 0 Å². The van der Waals surface area contributed by atoms with Gasteiger partial charge in [0.05, 0.1) is 0 Å². The summed E-state index contributed by atoms with van der Waals surface area (Å²) < 4.78 is 0. The minimum absolute atomic E-state index is 1.04. The van der Waals surface area contributed by atoms with E-state index in [0.29, 0.717) is 0 Å². The maximum absolute atomic E-state index is 2.40. The Morgan fingerprint density at radius 1 is 0.450 bits per heavy atom. The smallest absolute Gasteiger partial charge is 0.0417 e. The molecule has 120 valence electrons. The topological polar surface area (TPSA) is 0 Å². The molecule has 0 nitrogen and oxygen atoms in total. The second-order valence-electron chi connectivity index (χ2n) is 7.15. The van der Waals surface area contributed by atoms with Crippen molar-refractivity contribution in [2.24, 2.45) is 5.92 Å². The molecule has 0 amide bonds. The summed E-state index contributed by atoms with van der Waals surface area (Å²) in [6, 6.07) is 0. The Kier molecular flexibility index (Phi) is 12.6. The van der Waals surface area contributed by atoms with Crippen LogP contribution in [0.2, 0.25) is 0 Å². The van der Waals surface area contributed by atoms with Crippen LogP contribution < -0.4 is 0 Å². The van der Waals surface area contributed by atoms with Crippen LogP contribution in [0.3, 0.4) is 0 Å². The largest absolute Gasteiger partial charge is 0.0651 e. The maximum atomic E-state index is 2.40. The van der Waals surface area contributed by atoms with Gasteiger partial charge in [-0.05, 0) is 5.92 Å². The first kappa shape index (κ1) is 18.1. The van der Waals surface area contributed by atoms with Gasteiger partial charge in [0.15, 0.2) is 0 Å². The molecule has 0 aromatic rings. The minimum atomic E-state index is 1.04. The highest BCUT2D eigenvalue weighted by atomic mass is 14.1. The third-order valence-electron chi connectivity index (χ3n) is 5.30. The Morgan fingerprint density at radius 3 is 0.950 bits per heavy atom. The second-order valence-corrected chi connectivity index (χ2v) is 7.15. The summed E-state index contributed by atoms with van der Waals surface area (Å²) in [5.74, 6) is 1.04. The molecule has 0 aromatic carbocycles. The zero-order valence-corrected chi connectivity index (χ0v) is 14.3. The van der Waals surface area contributed by atoms with Crippen molar-refractivity contribution >= 4 is 0 Å². The summed E-state index contributed by atoms with van der Waals surface area (Å²) >= 11 is 0. The van der Waals surface area contributed by atoms with Crippen LogP contribution in [-0.2, 0) is 0 Å². The lowest BCUT2D eigenvalue weighted by Gasteiger charge is -2.14. The Morgan fingerprint density at radius 2 is 0.700 bits per heavy atom. The van der Waals surface area contributed by atoms with Gasteiger partial charge in [-0.3, -0.25) is 0 Å². The molecule has 20 heavy (non-hydrogen) atoms. The van der Waals surface area contributed by atoms with Gasteiger partial charge in [0.2, 0.25) is 0 Å². The van der Waals surface area contributed by atoms with E-state index >= 15 is 0 Å². The normalized spacial score (nSPS) is 23.9. The highest BCUT2D eigenvalue weighted by Crippen LogP contribution is 2.22. The van der Waals surface area contributed by atoms with Crippen molar-refractivity contribution in [2.75, 3.05) is 0 Å². The van der Waals surface area contributed by atoms with Gasteiger partial charge in [0, 0.05) is 0 Å². The van der Waals surface area contributed by atoms with E-state index in [4.69, 9.17) is 0 Å². The van der Waals surface area contributed by atoms with Gasteiger partial charge in [-0.25, -0.2) is 0 Å². The van der Waals surface area contributed by atoms with Crippen molar-refractivity contribution in [3.63, 3.8) is 0 Å². The molecule has 0 bridgehead atoms. The number of hydrogen-bond acceptors (Lipinski definition) is 0. The molecule has 0 aromatic heterocycles. The van der Waals surface area contributed by atoms with E-state index in [1.54, 1.807) is 0 Å². The molecular weight excluding hydrogens is 240 g/mol. The summed E-state index contributed by atoms with van der Waals surface area (Å²) in [5.41, 5.74) is 0. The molecule has 1 aliphatic rings. The Balaban J connectivity index is 2.14. The van der Waals surface area contributed by atoms with Gasteiger partial charge in [0.25, 0.3) is 0 Å². The van der Waals surface area contributed by atoms with Crippen molar-refractivity contribution < 1.29 is 0 Å². The summed E-state index contributed by atoms with van der Waals surface area (Å²) in [4.78, 5) is 0. The molecule has 0 radical (unpaired) electrons. The standard InChI is InChI=1S/C20H40/c1-2-20-18-16-14-12-10-8-6-4-3-5-7-9-11-13-15-17-19-20/h20H,2-19H2,1H3. The molecule has 0 heteroatoms. The highest BCUT2D eigenvalue weighted by molar-refractivity contribution is 4.59. The molecule has 1 saturated carbocycles. The molecule has 0 unspecified atom stereocenters. The third-order valence-corrected chi connectivity index (χ3v) is 5.30. The van der Waals surface area contributed by atoms with E-state index in [1.807, 2.05) is 0 Å². The quantitative estimate of drug-likeness (QED) is 0.462. The van der Waals surface area contributed by atoms with Crippen LogP contribution in [0.4, 0.5) is 0 Å². The zero-order valence-electron chi connectivity index (χ0n) is 14.3. The van der Waals surface area contributed by atoms with E-state index in [0.717, 1.165) is 5.92 Å². The molecule has 0 N–H and O–H groups in total. The summed E-state index contributed by atoms with van der Waals surface area (Å²) in [6.07, 6.45) is 26.9. The first-order valence-electron chi connectivity index (χ1n) is 9.93. The van der Waals surface area contributed by atoms with Gasteiger partial charge < -0.3 is 0 Å². The monoisotopic (exact) mass is 280 g/mol. The van der Waals surface area contributed by atoms with Crippen LogP contribution in [0.5, 0.6) is 0 Å². The predicted molar refractivity (Wildman–Crippen MR) is 92.3 cm³/mol. The Bertz CT molecular complexity index is 166.